The molecule has 0 aliphatic heterocycles. The highest BCUT2D eigenvalue weighted by Crippen LogP contribution is 2.63. The van der Waals surface area contributed by atoms with E-state index >= 15 is 0 Å². The van der Waals surface area contributed by atoms with Crippen molar-refractivity contribution >= 4 is 0 Å². The van der Waals surface area contributed by atoms with Gasteiger partial charge in [-0.1, -0.05) is 379 Å². The van der Waals surface area contributed by atoms with Gasteiger partial charge in [-0.05, 0) is 393 Å². The van der Waals surface area contributed by atoms with Crippen LogP contribution in [0, 0.1) is 213 Å². The summed E-state index contributed by atoms with van der Waals surface area (Å²) >= 11 is 0. The first-order valence-electron chi connectivity index (χ1n) is 60.9. The summed E-state index contributed by atoms with van der Waals surface area (Å²) in [6.07, 6.45) is 136. The molecule has 32 rings (SSSR count). The molecule has 32 aliphatic rings. The smallest absolute Gasteiger partial charge is 0.0352 e. The van der Waals surface area contributed by atoms with Gasteiger partial charge in [0.1, 0.15) is 0 Å². The fourth-order valence-electron chi connectivity index (χ4n) is 40.6. The predicted octanol–water partition coefficient (Wildman–Crippen LogP) is 38.4. The second-order valence-corrected chi connectivity index (χ2v) is 53.4. The third-order valence-corrected chi connectivity index (χ3v) is 47.4. The normalized spacial score (nSPS) is 48.6. The first-order chi connectivity index (χ1) is 60.9. The Hall–Kier alpha value is 0. The van der Waals surface area contributed by atoms with Crippen LogP contribution in [0.3, 0.4) is 0 Å². The van der Waals surface area contributed by atoms with Crippen LogP contribution in [0.2, 0.25) is 0 Å². The van der Waals surface area contributed by atoms with Crippen molar-refractivity contribution in [2.75, 3.05) is 0 Å². The summed E-state index contributed by atoms with van der Waals surface area (Å²) in [5.74, 6) is 42.0. The van der Waals surface area contributed by atoms with E-state index < -0.39 is 0 Å². The van der Waals surface area contributed by atoms with Crippen LogP contribution in [0.25, 0.3) is 0 Å². The summed E-state index contributed by atoms with van der Waals surface area (Å²) < 4.78 is 0. The van der Waals surface area contributed by atoms with Gasteiger partial charge in [0.15, 0.2) is 0 Å². The summed E-state index contributed by atoms with van der Waals surface area (Å²) in [4.78, 5) is 0. The molecule has 26 atom stereocenters. The molecular formula is C123H210. The third-order valence-electron chi connectivity index (χ3n) is 47.4. The fraction of sp³-hybridized carbons (Fsp3) is 1.00. The second-order valence-electron chi connectivity index (χ2n) is 53.4. The molecule has 0 N–H and O–H groups in total. The quantitative estimate of drug-likeness (QED) is 0.227. The van der Waals surface area contributed by atoms with E-state index in [-0.39, 0.29) is 0 Å². The minimum atomic E-state index is 1.15. The molecule has 26 unspecified atom stereocenters. The van der Waals surface area contributed by atoms with Gasteiger partial charge in [-0.25, -0.2) is 0 Å². The molecule has 32 fully saturated rings. The van der Waals surface area contributed by atoms with E-state index in [0.717, 1.165) is 82.9 Å². The minimum absolute atomic E-state index is 1.15. The maximum Gasteiger partial charge on any atom is -0.0352 e. The van der Waals surface area contributed by atoms with Gasteiger partial charge in [0.05, 0.1) is 0 Å². The van der Waals surface area contributed by atoms with Crippen molar-refractivity contribution in [2.45, 2.75) is 559 Å². The Kier molecular flexibility index (Phi) is 35.2. The van der Waals surface area contributed by atoms with Gasteiger partial charge < -0.3 is 0 Å². The summed E-state index contributed by atoms with van der Waals surface area (Å²) in [5, 5.41) is 0. The zero-order chi connectivity index (χ0) is 82.3. The van der Waals surface area contributed by atoms with E-state index in [1.54, 1.807) is 475 Å². The van der Waals surface area contributed by atoms with Crippen LogP contribution in [0.5, 0.6) is 0 Å². The first-order valence-corrected chi connectivity index (χ1v) is 60.9. The molecule has 0 nitrogen and oxygen atoms in total. The lowest BCUT2D eigenvalue weighted by atomic mass is 9.48. The van der Waals surface area contributed by atoms with Crippen LogP contribution in [0.1, 0.15) is 559 Å². The Morgan fingerprint density at radius 1 is 0.0650 bits per heavy atom. The fourth-order valence-corrected chi connectivity index (χ4v) is 40.6. The van der Waals surface area contributed by atoms with Gasteiger partial charge in [-0.15, -0.1) is 0 Å². The largest absolute Gasteiger partial charge is 0.0530 e. The maximum absolute atomic E-state index is 1.64. The molecular weight excluding hydrogens is 1480 g/mol. The predicted molar refractivity (Wildman–Crippen MR) is 527 cm³/mol. The molecule has 0 aromatic rings. The van der Waals surface area contributed by atoms with Crippen LogP contribution in [-0.2, 0) is 0 Å². The van der Waals surface area contributed by atoms with E-state index in [2.05, 4.69) is 0 Å². The van der Waals surface area contributed by atoms with Crippen LogP contribution in [0.15, 0.2) is 0 Å². The molecule has 0 aromatic carbocycles. The van der Waals surface area contributed by atoms with Crippen LogP contribution >= 0.6 is 0 Å². The summed E-state index contributed by atoms with van der Waals surface area (Å²) in [6.45, 7) is 0. The van der Waals surface area contributed by atoms with Gasteiger partial charge in [-0.2, -0.15) is 0 Å². The van der Waals surface area contributed by atoms with E-state index in [9.17, 15) is 0 Å². The summed E-state index contributed by atoms with van der Waals surface area (Å²) in [7, 11) is 0. The third kappa shape index (κ3) is 24.1. The van der Waals surface area contributed by atoms with Crippen molar-refractivity contribution in [3.05, 3.63) is 0 Å². The Balaban J connectivity index is 0.0000000910. The highest BCUT2D eigenvalue weighted by molar-refractivity contribution is 5.04. The van der Waals surface area contributed by atoms with Crippen molar-refractivity contribution < 1.29 is 0 Å². The Morgan fingerprint density at radius 2 is 0.195 bits per heavy atom. The van der Waals surface area contributed by atoms with Crippen LogP contribution in [0.4, 0.5) is 0 Å². The first kappa shape index (κ1) is 92.1. The van der Waals surface area contributed by atoms with Gasteiger partial charge in [0.2, 0.25) is 0 Å². The Morgan fingerprint density at radius 3 is 0.398 bits per heavy atom. The lowest BCUT2D eigenvalue weighted by Crippen LogP contribution is -2.49. The molecule has 0 spiro atoms. The monoisotopic (exact) mass is 1690 g/mol. The standard InChI is InChI=1S/C22H36.C18H30.2C14H24.C10H18.C9H16.2C8H14.2C7H12.C6H10/c1-3-7-17-15(5-1)9-11-21-19(17)13-14-20-18-8-4-2-6-16(18)10-12-22(20)21;1-3-7-15-13(5-1)9-11-18-16-8-4-2-6-14(16)10-12-17(15)18;1-3-7-13-11(5-1)9-10-12-6-2-4-8-14(12)13;1-2-6-12-10-14-8-4-3-7-13(14)9-11(12)5-1;1-2-6-10-8-4-3-7-9(10)5-1;1-2-5-9-7-3-6-8(9)4-1;1-3-7-5-2-6-8(7)4-1;1-2-4-8-5-7(3-1)6-8;1-2-6-4-7(3-1)5-6;1-2-6-4-5-7(6)3-1;1-2-6-3-5(1)4-6/h15-22H,1-14H2;13-18H,1-12H2;2*11-14H,1-10H2;9-10H,1-8H2;8-9H,1-7H2;2*7-8H,1-6H2;2*6-7H,1-5H2;5-6H,1-4H2. The summed E-state index contributed by atoms with van der Waals surface area (Å²) in [6, 6.07) is 0. The number of hydrogen-bond donors (Lipinski definition) is 0. The molecule has 123 heavy (non-hydrogen) atoms. The number of hydrogen-bond acceptors (Lipinski definition) is 0. The highest BCUT2D eigenvalue weighted by Gasteiger charge is 2.54. The van der Waals surface area contributed by atoms with E-state index in [1.165, 1.54) is 214 Å². The topological polar surface area (TPSA) is 0 Å². The van der Waals surface area contributed by atoms with Crippen molar-refractivity contribution in [2.24, 2.45) is 213 Å². The lowest BCUT2D eigenvalue weighted by Gasteiger charge is -2.57. The summed E-state index contributed by atoms with van der Waals surface area (Å²) in [5.41, 5.74) is 0. The molecule has 32 saturated carbocycles. The molecule has 0 heterocycles. The SMILES string of the molecule is C1CC2CC(C1)C2.C1CC2CC1C2.C1CC2CCC2C1.C1CC2CCCC2C1.C1CCC2C(C1)CCC1C2CCC2C3CCCCC3CCC21.C1CCC2C(C1)CCC1C3CCCCC3CCC21.C1CCC2C(C1)CCC1CCCCC12.C1CCC2CC(C1)C2.C1CCC2CC3CCCCC3CC2C1.C1CCC2CCCC2C1.C1CCC2CCCCC2C1. The molecule has 32 aliphatic carbocycles. The lowest BCUT2D eigenvalue weighted by molar-refractivity contribution is -0.0786. The minimum Gasteiger partial charge on any atom is -0.0530 e. The molecule has 702 valence electrons. The number of fused-ring (bicyclic) bond motifs is 27. The molecule has 0 radical (unpaired) electrons. The molecule has 0 saturated heterocycles. The maximum atomic E-state index is 1.64. The van der Waals surface area contributed by atoms with Crippen LogP contribution in [-0.4, -0.2) is 0 Å². The van der Waals surface area contributed by atoms with Crippen LogP contribution < -0.4 is 0 Å². The van der Waals surface area contributed by atoms with E-state index in [4.69, 9.17) is 0 Å². The average molecular weight is 1690 g/mol. The van der Waals surface area contributed by atoms with Gasteiger partial charge >= 0.3 is 0 Å². The Bertz CT molecular complexity index is 2700. The molecule has 6 bridgehead atoms. The van der Waals surface area contributed by atoms with E-state index in [0.29, 0.717) is 0 Å². The van der Waals surface area contributed by atoms with Gasteiger partial charge in [0.25, 0.3) is 0 Å². The second kappa shape index (κ2) is 47.0. The van der Waals surface area contributed by atoms with Crippen molar-refractivity contribution in [3.8, 4) is 0 Å². The molecule has 0 heteroatoms. The van der Waals surface area contributed by atoms with Gasteiger partial charge in [-0.3, -0.25) is 0 Å². The zero-order valence-electron chi connectivity index (χ0n) is 82.3. The van der Waals surface area contributed by atoms with Gasteiger partial charge in [0, 0.05) is 0 Å². The van der Waals surface area contributed by atoms with E-state index in [1.807, 2.05) is 0 Å². The van der Waals surface area contributed by atoms with Crippen molar-refractivity contribution in [1.82, 2.24) is 0 Å². The van der Waals surface area contributed by atoms with Crippen molar-refractivity contribution in [3.63, 3.8) is 0 Å². The van der Waals surface area contributed by atoms with Crippen molar-refractivity contribution in [1.29, 1.82) is 0 Å². The molecule has 0 amide bonds. The number of rotatable bonds is 0. The average Bonchev–Trinajstić information content (AvgIpc) is 1.61. The molecule has 0 aromatic heterocycles. The zero-order valence-corrected chi connectivity index (χ0v) is 82.3. The highest BCUT2D eigenvalue weighted by atomic mass is 14.6. The Labute approximate surface area is 766 Å².